The monoisotopic (exact) mass is 254 g/mol. The minimum absolute atomic E-state index is 0.164. The Morgan fingerprint density at radius 2 is 1.94 bits per heavy atom. The number of aromatic carboxylic acids is 1. The number of carbonyl (C=O) groups is 1. The smallest absolute Gasteiger partial charge is 0.357 e. The molecule has 1 heterocycles. The Bertz CT molecular complexity index is 370. The SMILES string of the molecule is O=C(O)c1ncsc1NC1CCCCCCC1. The van der Waals surface area contributed by atoms with E-state index in [1.807, 2.05) is 0 Å². The van der Waals surface area contributed by atoms with E-state index >= 15 is 0 Å². The zero-order chi connectivity index (χ0) is 12.1. The van der Waals surface area contributed by atoms with Crippen LogP contribution in [0.1, 0.15) is 55.4 Å². The summed E-state index contributed by atoms with van der Waals surface area (Å²) in [5.74, 6) is -0.945. The Morgan fingerprint density at radius 1 is 1.29 bits per heavy atom. The van der Waals surface area contributed by atoms with Crippen LogP contribution in [0.5, 0.6) is 0 Å². The Balaban J connectivity index is 1.98. The quantitative estimate of drug-likeness (QED) is 0.868. The fourth-order valence-electron chi connectivity index (χ4n) is 2.29. The minimum Gasteiger partial charge on any atom is -0.476 e. The summed E-state index contributed by atoms with van der Waals surface area (Å²) < 4.78 is 0. The molecule has 0 aromatic carbocycles. The standard InChI is InChI=1S/C12H18N2O2S/c15-12(16)10-11(17-8-13-10)14-9-6-4-2-1-3-5-7-9/h8-9,14H,1-7H2,(H,15,16). The molecule has 5 heteroatoms. The summed E-state index contributed by atoms with van der Waals surface area (Å²) in [6, 6.07) is 0.411. The Labute approximate surface area is 105 Å². The molecule has 1 aliphatic carbocycles. The van der Waals surface area contributed by atoms with E-state index in [2.05, 4.69) is 10.3 Å². The van der Waals surface area contributed by atoms with Crippen molar-refractivity contribution in [2.45, 2.75) is 51.0 Å². The van der Waals surface area contributed by atoms with Crippen molar-refractivity contribution in [3.05, 3.63) is 11.2 Å². The number of anilines is 1. The molecule has 0 radical (unpaired) electrons. The van der Waals surface area contributed by atoms with Gasteiger partial charge in [0, 0.05) is 6.04 Å². The number of thiazole rings is 1. The van der Waals surface area contributed by atoms with Gasteiger partial charge in [0.25, 0.3) is 0 Å². The van der Waals surface area contributed by atoms with Crippen LogP contribution in [-0.4, -0.2) is 22.1 Å². The van der Waals surface area contributed by atoms with E-state index in [4.69, 9.17) is 5.11 Å². The van der Waals surface area contributed by atoms with Crippen molar-refractivity contribution in [3.63, 3.8) is 0 Å². The highest BCUT2D eigenvalue weighted by Gasteiger charge is 2.17. The first kappa shape index (κ1) is 12.4. The number of nitrogens with one attached hydrogen (secondary N) is 1. The minimum atomic E-state index is -0.945. The van der Waals surface area contributed by atoms with Gasteiger partial charge in [0.05, 0.1) is 5.51 Å². The van der Waals surface area contributed by atoms with Crippen molar-refractivity contribution >= 4 is 22.3 Å². The van der Waals surface area contributed by atoms with Crippen molar-refractivity contribution in [2.24, 2.45) is 0 Å². The normalized spacial score (nSPS) is 18.4. The molecule has 1 fully saturated rings. The molecule has 1 saturated carbocycles. The molecule has 2 N–H and O–H groups in total. The van der Waals surface area contributed by atoms with Gasteiger partial charge in [-0.15, -0.1) is 11.3 Å². The molecule has 1 aliphatic rings. The van der Waals surface area contributed by atoms with E-state index in [0.717, 1.165) is 12.8 Å². The highest BCUT2D eigenvalue weighted by molar-refractivity contribution is 7.14. The van der Waals surface area contributed by atoms with Crippen LogP contribution in [0, 0.1) is 0 Å². The van der Waals surface area contributed by atoms with Crippen molar-refractivity contribution in [1.29, 1.82) is 0 Å². The Morgan fingerprint density at radius 3 is 2.59 bits per heavy atom. The van der Waals surface area contributed by atoms with Gasteiger partial charge >= 0.3 is 5.97 Å². The van der Waals surface area contributed by atoms with Gasteiger partial charge in [-0.2, -0.15) is 0 Å². The van der Waals surface area contributed by atoms with Gasteiger partial charge in [-0.1, -0.05) is 32.1 Å². The highest BCUT2D eigenvalue weighted by Crippen LogP contribution is 2.25. The van der Waals surface area contributed by atoms with Crippen LogP contribution in [0.15, 0.2) is 5.51 Å². The van der Waals surface area contributed by atoms with E-state index < -0.39 is 5.97 Å². The third kappa shape index (κ3) is 3.43. The van der Waals surface area contributed by atoms with Gasteiger partial charge in [-0.05, 0) is 12.8 Å². The van der Waals surface area contributed by atoms with Crippen LogP contribution < -0.4 is 5.32 Å². The lowest BCUT2D eigenvalue weighted by molar-refractivity contribution is 0.0692. The summed E-state index contributed by atoms with van der Waals surface area (Å²) in [5.41, 5.74) is 1.76. The van der Waals surface area contributed by atoms with E-state index in [9.17, 15) is 4.79 Å². The van der Waals surface area contributed by atoms with Crippen LogP contribution in [0.2, 0.25) is 0 Å². The average Bonchev–Trinajstić information content (AvgIpc) is 2.70. The molecule has 0 unspecified atom stereocenters. The maximum Gasteiger partial charge on any atom is 0.357 e. The fourth-order valence-corrected chi connectivity index (χ4v) is 3.04. The van der Waals surface area contributed by atoms with Crippen molar-refractivity contribution in [3.8, 4) is 0 Å². The van der Waals surface area contributed by atoms with E-state index in [1.165, 1.54) is 43.4 Å². The van der Waals surface area contributed by atoms with Gasteiger partial charge in [0.1, 0.15) is 5.00 Å². The number of nitrogens with zero attached hydrogens (tertiary/aromatic N) is 1. The first-order valence-corrected chi connectivity index (χ1v) is 7.08. The summed E-state index contributed by atoms with van der Waals surface area (Å²) in [6.45, 7) is 0. The van der Waals surface area contributed by atoms with E-state index in [1.54, 1.807) is 5.51 Å². The predicted molar refractivity (Wildman–Crippen MR) is 68.8 cm³/mol. The van der Waals surface area contributed by atoms with Crippen LogP contribution in [0.3, 0.4) is 0 Å². The fraction of sp³-hybridized carbons (Fsp3) is 0.667. The molecule has 94 valence electrons. The maximum atomic E-state index is 11.0. The zero-order valence-corrected chi connectivity index (χ0v) is 10.6. The second-order valence-electron chi connectivity index (χ2n) is 4.52. The first-order valence-electron chi connectivity index (χ1n) is 6.20. The summed E-state index contributed by atoms with van der Waals surface area (Å²) in [7, 11) is 0. The molecule has 4 nitrogen and oxygen atoms in total. The van der Waals surface area contributed by atoms with Crippen LogP contribution in [0.4, 0.5) is 5.00 Å². The van der Waals surface area contributed by atoms with Gasteiger partial charge in [0.2, 0.25) is 0 Å². The van der Waals surface area contributed by atoms with Gasteiger partial charge < -0.3 is 10.4 Å². The highest BCUT2D eigenvalue weighted by atomic mass is 32.1. The second kappa shape index (κ2) is 6.00. The number of rotatable bonds is 3. The number of carboxylic acids is 1. The summed E-state index contributed by atoms with van der Waals surface area (Å²) in [6.07, 6.45) is 8.68. The molecule has 0 bridgehead atoms. The van der Waals surface area contributed by atoms with Crippen molar-refractivity contribution in [2.75, 3.05) is 5.32 Å². The molecular formula is C12H18N2O2S. The molecular weight excluding hydrogens is 236 g/mol. The number of aromatic nitrogens is 1. The van der Waals surface area contributed by atoms with Crippen LogP contribution >= 0.6 is 11.3 Å². The third-order valence-electron chi connectivity index (χ3n) is 3.21. The van der Waals surface area contributed by atoms with Crippen LogP contribution in [-0.2, 0) is 0 Å². The Hall–Kier alpha value is -1.10. The number of hydrogen-bond acceptors (Lipinski definition) is 4. The van der Waals surface area contributed by atoms with Gasteiger partial charge in [0.15, 0.2) is 5.69 Å². The average molecular weight is 254 g/mol. The molecule has 0 atom stereocenters. The third-order valence-corrected chi connectivity index (χ3v) is 3.97. The second-order valence-corrected chi connectivity index (χ2v) is 5.38. The molecule has 17 heavy (non-hydrogen) atoms. The number of carboxylic acid groups (broad SMARTS) is 1. The van der Waals surface area contributed by atoms with E-state index in [-0.39, 0.29) is 5.69 Å². The molecule has 2 rings (SSSR count). The van der Waals surface area contributed by atoms with Gasteiger partial charge in [-0.3, -0.25) is 0 Å². The molecule has 0 saturated heterocycles. The Kier molecular flexibility index (Phi) is 4.36. The lowest BCUT2D eigenvalue weighted by Crippen LogP contribution is -2.21. The summed E-state index contributed by atoms with van der Waals surface area (Å²) in [4.78, 5) is 14.8. The summed E-state index contributed by atoms with van der Waals surface area (Å²) in [5, 5.41) is 13.1. The zero-order valence-electron chi connectivity index (χ0n) is 9.82. The van der Waals surface area contributed by atoms with Crippen molar-refractivity contribution in [1.82, 2.24) is 4.98 Å². The topological polar surface area (TPSA) is 62.2 Å². The summed E-state index contributed by atoms with van der Waals surface area (Å²) >= 11 is 1.38. The first-order chi connectivity index (χ1) is 8.27. The molecule has 0 spiro atoms. The van der Waals surface area contributed by atoms with Crippen molar-refractivity contribution < 1.29 is 9.90 Å². The van der Waals surface area contributed by atoms with E-state index in [0.29, 0.717) is 11.0 Å². The lowest BCUT2D eigenvalue weighted by Gasteiger charge is -2.21. The number of hydrogen-bond donors (Lipinski definition) is 2. The maximum absolute atomic E-state index is 11.0. The van der Waals surface area contributed by atoms with Crippen LogP contribution in [0.25, 0.3) is 0 Å². The predicted octanol–water partition coefficient (Wildman–Crippen LogP) is 3.37. The largest absolute Gasteiger partial charge is 0.476 e. The molecule has 0 amide bonds. The molecule has 1 aromatic rings. The van der Waals surface area contributed by atoms with Gasteiger partial charge in [-0.25, -0.2) is 9.78 Å². The lowest BCUT2D eigenvalue weighted by atomic mass is 9.97. The molecule has 1 aromatic heterocycles. The molecule has 0 aliphatic heterocycles.